The van der Waals surface area contributed by atoms with Gasteiger partial charge in [0.2, 0.25) is 5.91 Å². The number of carbonyl (C=O) groups excluding carboxylic acids is 2. The van der Waals surface area contributed by atoms with Crippen LogP contribution in [0.4, 0.5) is 5.69 Å². The third-order valence-corrected chi connectivity index (χ3v) is 5.15. The Morgan fingerprint density at radius 2 is 2.00 bits per heavy atom. The van der Waals surface area contributed by atoms with E-state index in [-0.39, 0.29) is 41.7 Å². The summed E-state index contributed by atoms with van der Waals surface area (Å²) in [5.74, 6) is -0.173. The molecule has 1 saturated heterocycles. The van der Waals surface area contributed by atoms with Crippen LogP contribution >= 0.6 is 11.6 Å². The lowest BCUT2D eigenvalue weighted by atomic mass is 9.79. The molecule has 4 rings (SSSR count). The predicted molar refractivity (Wildman–Crippen MR) is 73.2 cm³/mol. The van der Waals surface area contributed by atoms with Crippen molar-refractivity contribution in [2.24, 2.45) is 23.7 Å². The summed E-state index contributed by atoms with van der Waals surface area (Å²) in [5, 5.41) is 3.52. The van der Waals surface area contributed by atoms with E-state index in [1.807, 2.05) is 0 Å². The molecule has 2 aliphatic carbocycles. The Morgan fingerprint density at radius 1 is 1.25 bits per heavy atom. The van der Waals surface area contributed by atoms with Gasteiger partial charge < -0.3 is 10.1 Å². The molecule has 2 saturated carbocycles. The Morgan fingerprint density at radius 3 is 2.75 bits per heavy atom. The van der Waals surface area contributed by atoms with E-state index < -0.39 is 0 Å². The number of carbonyl (C=O) groups is 2. The lowest BCUT2D eigenvalue weighted by Gasteiger charge is -2.23. The van der Waals surface area contributed by atoms with Gasteiger partial charge in [0.05, 0.1) is 11.8 Å². The number of halogens is 1. The molecule has 104 valence electrons. The Labute approximate surface area is 121 Å². The molecule has 0 spiro atoms. The molecule has 0 unspecified atom stereocenters. The number of amides is 1. The third-order valence-electron chi connectivity index (χ3n) is 4.90. The van der Waals surface area contributed by atoms with Gasteiger partial charge in [0.15, 0.2) is 0 Å². The number of hydrogen-bond acceptors (Lipinski definition) is 3. The number of anilines is 1. The second-order valence-corrected chi connectivity index (χ2v) is 6.35. The SMILES string of the molecule is O=C(Nc1ccc(Cl)cc1)[C@@H]1[C@@H]2C[C@@H]3[C@H]1C(=O)O[C@H]3C2. The first-order valence-electron chi connectivity index (χ1n) is 6.90. The highest BCUT2D eigenvalue weighted by atomic mass is 35.5. The van der Waals surface area contributed by atoms with Crippen LogP contribution in [0.5, 0.6) is 0 Å². The molecular weight excluding hydrogens is 278 g/mol. The van der Waals surface area contributed by atoms with E-state index >= 15 is 0 Å². The van der Waals surface area contributed by atoms with Gasteiger partial charge >= 0.3 is 5.97 Å². The smallest absolute Gasteiger partial charge is 0.310 e. The quantitative estimate of drug-likeness (QED) is 0.852. The zero-order valence-corrected chi connectivity index (χ0v) is 11.5. The van der Waals surface area contributed by atoms with Crippen molar-refractivity contribution in [2.75, 3.05) is 5.32 Å². The van der Waals surface area contributed by atoms with Gasteiger partial charge in [-0.05, 0) is 43.0 Å². The van der Waals surface area contributed by atoms with Gasteiger partial charge in [0, 0.05) is 16.6 Å². The molecule has 1 aliphatic heterocycles. The Bertz CT molecular complexity index is 583. The van der Waals surface area contributed by atoms with Gasteiger partial charge in [-0.3, -0.25) is 9.59 Å². The standard InChI is InChI=1S/C15H14ClNO3/c16-8-1-3-9(4-2-8)17-14(18)12-7-5-10-11(6-7)20-15(19)13(10)12/h1-4,7,10-13H,5-6H2,(H,17,18)/t7-,10+,11+,12-,13-/m1/s1. The van der Waals surface area contributed by atoms with Crippen molar-refractivity contribution in [3.8, 4) is 0 Å². The highest BCUT2D eigenvalue weighted by Crippen LogP contribution is 2.57. The van der Waals surface area contributed by atoms with Gasteiger partial charge in [-0.2, -0.15) is 0 Å². The molecule has 1 amide bonds. The first-order valence-corrected chi connectivity index (χ1v) is 7.28. The maximum absolute atomic E-state index is 12.5. The number of fused-ring (bicyclic) bond motifs is 1. The van der Waals surface area contributed by atoms with E-state index in [0.29, 0.717) is 10.7 Å². The van der Waals surface area contributed by atoms with Gasteiger partial charge in [-0.15, -0.1) is 0 Å². The molecule has 1 aromatic rings. The summed E-state index contributed by atoms with van der Waals surface area (Å²) in [4.78, 5) is 24.4. The lowest BCUT2D eigenvalue weighted by molar-refractivity contribution is -0.145. The molecule has 5 atom stereocenters. The largest absolute Gasteiger partial charge is 0.462 e. The first-order chi connectivity index (χ1) is 9.63. The van der Waals surface area contributed by atoms with Crippen LogP contribution in [0.25, 0.3) is 0 Å². The fraction of sp³-hybridized carbons (Fsp3) is 0.467. The number of ether oxygens (including phenoxy) is 1. The zero-order chi connectivity index (χ0) is 13.9. The number of rotatable bonds is 2. The highest BCUT2D eigenvalue weighted by Gasteiger charge is 2.63. The fourth-order valence-electron chi connectivity index (χ4n) is 4.12. The van der Waals surface area contributed by atoms with Crippen LogP contribution in [0.1, 0.15) is 12.8 Å². The second kappa shape index (κ2) is 4.22. The number of hydrogen-bond donors (Lipinski definition) is 1. The lowest BCUT2D eigenvalue weighted by Crippen LogP contribution is -2.35. The van der Waals surface area contributed by atoms with Crippen molar-refractivity contribution < 1.29 is 14.3 Å². The Balaban J connectivity index is 1.54. The van der Waals surface area contributed by atoms with Gasteiger partial charge in [0.25, 0.3) is 0 Å². The fourth-order valence-corrected chi connectivity index (χ4v) is 4.25. The highest BCUT2D eigenvalue weighted by molar-refractivity contribution is 6.30. The molecule has 20 heavy (non-hydrogen) atoms. The van der Waals surface area contributed by atoms with Gasteiger partial charge in [0.1, 0.15) is 6.10 Å². The zero-order valence-electron chi connectivity index (χ0n) is 10.7. The van der Waals surface area contributed by atoms with E-state index in [2.05, 4.69) is 5.32 Å². The molecule has 1 heterocycles. The topological polar surface area (TPSA) is 55.4 Å². The summed E-state index contributed by atoms with van der Waals surface area (Å²) >= 11 is 5.82. The second-order valence-electron chi connectivity index (χ2n) is 5.92. The molecule has 2 bridgehead atoms. The molecule has 5 heteroatoms. The van der Waals surface area contributed by atoms with Crippen LogP contribution in [-0.2, 0) is 14.3 Å². The summed E-state index contributed by atoms with van der Waals surface area (Å²) < 4.78 is 5.35. The average Bonchev–Trinajstić information content (AvgIpc) is 3.02. The van der Waals surface area contributed by atoms with Crippen LogP contribution in [0, 0.1) is 23.7 Å². The van der Waals surface area contributed by atoms with Crippen LogP contribution in [-0.4, -0.2) is 18.0 Å². The predicted octanol–water partition coefficient (Wildman–Crippen LogP) is 2.48. The van der Waals surface area contributed by atoms with Crippen molar-refractivity contribution in [1.29, 1.82) is 0 Å². The molecule has 1 N–H and O–H groups in total. The monoisotopic (exact) mass is 291 g/mol. The van der Waals surface area contributed by atoms with Crippen molar-refractivity contribution in [3.05, 3.63) is 29.3 Å². The van der Waals surface area contributed by atoms with Crippen molar-refractivity contribution in [1.82, 2.24) is 0 Å². The van der Waals surface area contributed by atoms with Gasteiger partial charge in [-0.25, -0.2) is 0 Å². The maximum Gasteiger partial charge on any atom is 0.310 e. The van der Waals surface area contributed by atoms with Crippen molar-refractivity contribution in [2.45, 2.75) is 18.9 Å². The Hall–Kier alpha value is -1.55. The molecular formula is C15H14ClNO3. The summed E-state index contributed by atoms with van der Waals surface area (Å²) in [6.45, 7) is 0. The normalized spacial score (nSPS) is 37.0. The minimum Gasteiger partial charge on any atom is -0.462 e. The summed E-state index contributed by atoms with van der Waals surface area (Å²) in [5.41, 5.74) is 0.713. The molecule has 3 fully saturated rings. The van der Waals surface area contributed by atoms with E-state index in [1.54, 1.807) is 24.3 Å². The van der Waals surface area contributed by atoms with E-state index in [9.17, 15) is 9.59 Å². The summed E-state index contributed by atoms with van der Waals surface area (Å²) in [7, 11) is 0. The maximum atomic E-state index is 12.5. The van der Waals surface area contributed by atoms with Crippen LogP contribution < -0.4 is 5.32 Å². The minimum atomic E-state index is -0.234. The van der Waals surface area contributed by atoms with Crippen molar-refractivity contribution >= 4 is 29.2 Å². The molecule has 4 nitrogen and oxygen atoms in total. The number of benzene rings is 1. The number of nitrogens with one attached hydrogen (secondary N) is 1. The van der Waals surface area contributed by atoms with Gasteiger partial charge in [-0.1, -0.05) is 11.6 Å². The first kappa shape index (κ1) is 12.2. The van der Waals surface area contributed by atoms with Crippen LogP contribution in [0.2, 0.25) is 5.02 Å². The van der Waals surface area contributed by atoms with E-state index in [4.69, 9.17) is 16.3 Å². The molecule has 0 aromatic heterocycles. The number of esters is 1. The van der Waals surface area contributed by atoms with Crippen molar-refractivity contribution in [3.63, 3.8) is 0 Å². The van der Waals surface area contributed by atoms with E-state index in [0.717, 1.165) is 12.8 Å². The minimum absolute atomic E-state index is 0.0667. The third kappa shape index (κ3) is 1.67. The average molecular weight is 292 g/mol. The van der Waals surface area contributed by atoms with Crippen LogP contribution in [0.15, 0.2) is 24.3 Å². The van der Waals surface area contributed by atoms with Crippen LogP contribution in [0.3, 0.4) is 0 Å². The molecule has 0 radical (unpaired) electrons. The van der Waals surface area contributed by atoms with E-state index in [1.165, 1.54) is 0 Å². The summed E-state index contributed by atoms with van der Waals surface area (Å²) in [6.07, 6.45) is 1.85. The Kier molecular flexibility index (Phi) is 2.58. The molecule has 1 aromatic carbocycles. The summed E-state index contributed by atoms with van der Waals surface area (Å²) in [6, 6.07) is 7.00. The molecule has 3 aliphatic rings.